The van der Waals surface area contributed by atoms with Crippen LogP contribution >= 0.6 is 11.3 Å². The van der Waals surface area contributed by atoms with Gasteiger partial charge < -0.3 is 15.2 Å². The number of anilines is 1. The molecule has 0 radical (unpaired) electrons. The Morgan fingerprint density at radius 1 is 1.15 bits per heavy atom. The molecule has 198 valence electrons. The summed E-state index contributed by atoms with van der Waals surface area (Å²) in [6.07, 6.45) is 1.45. The molecule has 0 unspecified atom stereocenters. The highest BCUT2D eigenvalue weighted by atomic mass is 32.1. The van der Waals surface area contributed by atoms with E-state index in [1.54, 1.807) is 62.6 Å². The third-order valence-corrected chi connectivity index (χ3v) is 7.50. The standard InChI is InChI=1S/C28H24N4O6S/c1-4-13-38-27(36)21-15(2)30-28-32(23(21)16-9-11-17(37-3)12-10-16)26(35)24(39-28)22-18-7-5-6-8-19(18)31(25(22)34)14-20(29)33/h4-12,23H,1,13-14H2,2-3H3,(H2,29,33)/b24-22-/t23-/m0/s1. The number of benzene rings is 2. The van der Waals surface area contributed by atoms with Gasteiger partial charge in [0.2, 0.25) is 5.91 Å². The van der Waals surface area contributed by atoms with Gasteiger partial charge in [-0.05, 0) is 30.7 Å². The third-order valence-electron chi connectivity index (χ3n) is 6.45. The largest absolute Gasteiger partial charge is 0.497 e. The average molecular weight is 545 g/mol. The van der Waals surface area contributed by atoms with E-state index < -0.39 is 29.4 Å². The number of primary amides is 1. The summed E-state index contributed by atoms with van der Waals surface area (Å²) in [4.78, 5) is 58.7. The number of rotatable bonds is 7. The van der Waals surface area contributed by atoms with Crippen molar-refractivity contribution in [3.63, 3.8) is 0 Å². The minimum atomic E-state index is -0.868. The molecule has 1 aromatic heterocycles. The van der Waals surface area contributed by atoms with E-state index in [-0.39, 0.29) is 28.8 Å². The fraction of sp³-hybridized carbons (Fsp3) is 0.179. The van der Waals surface area contributed by atoms with Gasteiger partial charge in [-0.1, -0.05) is 54.3 Å². The number of esters is 1. The molecule has 10 nitrogen and oxygen atoms in total. The quantitative estimate of drug-likeness (QED) is 0.351. The SMILES string of the molecule is C=CCOC(=O)C1=C(C)N=c2s/c(=C3\C(=O)N(CC(N)=O)c4ccccc43)c(=O)n2[C@H]1c1ccc(OC)cc1. The zero-order valence-corrected chi connectivity index (χ0v) is 22.0. The molecular weight excluding hydrogens is 520 g/mol. The van der Waals surface area contributed by atoms with Crippen molar-refractivity contribution in [1.29, 1.82) is 0 Å². The van der Waals surface area contributed by atoms with Gasteiger partial charge in [0.15, 0.2) is 4.80 Å². The summed E-state index contributed by atoms with van der Waals surface area (Å²) in [7, 11) is 1.54. The smallest absolute Gasteiger partial charge is 0.338 e. The molecule has 2 N–H and O–H groups in total. The maximum atomic E-state index is 14.1. The molecule has 11 heteroatoms. The Morgan fingerprint density at radius 3 is 2.54 bits per heavy atom. The number of amides is 2. The number of ether oxygens (including phenoxy) is 2. The van der Waals surface area contributed by atoms with Crippen LogP contribution in [0.25, 0.3) is 5.57 Å². The number of hydrogen-bond donors (Lipinski definition) is 1. The lowest BCUT2D eigenvalue weighted by Gasteiger charge is -2.24. The van der Waals surface area contributed by atoms with Gasteiger partial charge in [0.25, 0.3) is 11.5 Å². The van der Waals surface area contributed by atoms with E-state index >= 15 is 0 Å². The van der Waals surface area contributed by atoms with Crippen molar-refractivity contribution in [3.8, 4) is 5.75 Å². The number of allylic oxidation sites excluding steroid dienone is 1. The van der Waals surface area contributed by atoms with Crippen LogP contribution < -0.4 is 30.3 Å². The van der Waals surface area contributed by atoms with Gasteiger partial charge in [0.1, 0.15) is 23.4 Å². The Hall–Kier alpha value is -4.77. The van der Waals surface area contributed by atoms with Crippen LogP contribution in [-0.4, -0.2) is 42.6 Å². The molecule has 2 aliphatic heterocycles. The number of nitrogens with zero attached hydrogens (tertiary/aromatic N) is 3. The fourth-order valence-corrected chi connectivity index (χ4v) is 5.90. The predicted molar refractivity (Wildman–Crippen MR) is 145 cm³/mol. The summed E-state index contributed by atoms with van der Waals surface area (Å²) in [5.41, 5.74) is 7.25. The molecule has 3 heterocycles. The summed E-state index contributed by atoms with van der Waals surface area (Å²) >= 11 is 1.04. The Bertz CT molecular complexity index is 1750. The van der Waals surface area contributed by atoms with Crippen molar-refractivity contribution in [1.82, 2.24) is 4.57 Å². The Kier molecular flexibility index (Phi) is 6.75. The summed E-state index contributed by atoms with van der Waals surface area (Å²) in [5.74, 6) is -1.22. The molecule has 0 aliphatic carbocycles. The van der Waals surface area contributed by atoms with E-state index in [0.29, 0.717) is 33.1 Å². The minimum Gasteiger partial charge on any atom is -0.497 e. The molecule has 0 saturated carbocycles. The number of aromatic nitrogens is 1. The summed E-state index contributed by atoms with van der Waals surface area (Å²) in [6, 6.07) is 13.0. The minimum absolute atomic E-state index is 0.0134. The number of hydrogen-bond acceptors (Lipinski definition) is 8. The van der Waals surface area contributed by atoms with Crippen LogP contribution in [-0.2, 0) is 19.1 Å². The first-order valence-corrected chi connectivity index (χ1v) is 12.7. The molecule has 3 aromatic rings. The second-order valence-electron chi connectivity index (χ2n) is 8.81. The van der Waals surface area contributed by atoms with Gasteiger partial charge in [0.05, 0.1) is 35.7 Å². The molecule has 0 saturated heterocycles. The van der Waals surface area contributed by atoms with Gasteiger partial charge in [0, 0.05) is 5.56 Å². The van der Waals surface area contributed by atoms with Crippen molar-refractivity contribution >= 4 is 40.4 Å². The first kappa shape index (κ1) is 25.9. The Labute approximate surface area is 226 Å². The van der Waals surface area contributed by atoms with Crippen molar-refractivity contribution in [3.05, 3.63) is 103 Å². The van der Waals surface area contributed by atoms with E-state index in [4.69, 9.17) is 15.2 Å². The maximum absolute atomic E-state index is 14.1. The monoisotopic (exact) mass is 544 g/mol. The van der Waals surface area contributed by atoms with E-state index in [2.05, 4.69) is 11.6 Å². The molecule has 2 aromatic carbocycles. The lowest BCUT2D eigenvalue weighted by Crippen LogP contribution is -2.41. The molecule has 1 atom stereocenters. The van der Waals surface area contributed by atoms with Crippen LogP contribution in [0, 0.1) is 0 Å². The predicted octanol–water partition coefficient (Wildman–Crippen LogP) is 1.18. The van der Waals surface area contributed by atoms with Crippen molar-refractivity contribution in [2.45, 2.75) is 13.0 Å². The molecular formula is C28H24N4O6S. The van der Waals surface area contributed by atoms with Crippen LogP contribution in [0.15, 0.2) is 82.2 Å². The number of para-hydroxylation sites is 1. The van der Waals surface area contributed by atoms with Gasteiger partial charge >= 0.3 is 5.97 Å². The zero-order chi connectivity index (χ0) is 27.8. The van der Waals surface area contributed by atoms with Gasteiger partial charge in [-0.2, -0.15) is 0 Å². The first-order chi connectivity index (χ1) is 18.8. The molecule has 0 fully saturated rings. The van der Waals surface area contributed by atoms with E-state index in [1.165, 1.54) is 15.5 Å². The molecule has 0 spiro atoms. The highest BCUT2D eigenvalue weighted by Gasteiger charge is 2.37. The fourth-order valence-electron chi connectivity index (χ4n) is 4.76. The van der Waals surface area contributed by atoms with Crippen LogP contribution in [0.4, 0.5) is 5.69 Å². The molecule has 39 heavy (non-hydrogen) atoms. The van der Waals surface area contributed by atoms with E-state index in [9.17, 15) is 19.2 Å². The van der Waals surface area contributed by atoms with E-state index in [0.717, 1.165) is 11.3 Å². The Balaban J connectivity index is 1.78. The van der Waals surface area contributed by atoms with Crippen LogP contribution in [0.5, 0.6) is 5.75 Å². The summed E-state index contributed by atoms with van der Waals surface area (Å²) < 4.78 is 12.2. The van der Waals surface area contributed by atoms with Crippen molar-refractivity contribution < 1.29 is 23.9 Å². The number of nitrogens with two attached hydrogens (primary N) is 1. The zero-order valence-electron chi connectivity index (χ0n) is 21.2. The number of fused-ring (bicyclic) bond motifs is 2. The molecule has 2 aliphatic rings. The van der Waals surface area contributed by atoms with Crippen molar-refractivity contribution in [2.75, 3.05) is 25.2 Å². The number of thiazole rings is 1. The summed E-state index contributed by atoms with van der Waals surface area (Å²) in [6.45, 7) is 4.92. The number of carbonyl (C=O) groups is 3. The van der Waals surface area contributed by atoms with Gasteiger partial charge in [-0.25, -0.2) is 9.79 Å². The lowest BCUT2D eigenvalue weighted by atomic mass is 9.96. The average Bonchev–Trinajstić information content (AvgIpc) is 3.38. The molecule has 0 bridgehead atoms. The van der Waals surface area contributed by atoms with Crippen molar-refractivity contribution in [2.24, 2.45) is 10.7 Å². The molecule has 2 amide bonds. The summed E-state index contributed by atoms with van der Waals surface area (Å²) in [5, 5.41) is 0. The van der Waals surface area contributed by atoms with Gasteiger partial charge in [-0.3, -0.25) is 23.9 Å². The highest BCUT2D eigenvalue weighted by molar-refractivity contribution is 7.07. The third kappa shape index (κ3) is 4.36. The number of methoxy groups -OCH3 is 1. The second kappa shape index (κ2) is 10.2. The first-order valence-electron chi connectivity index (χ1n) is 11.9. The lowest BCUT2D eigenvalue weighted by molar-refractivity contribution is -0.138. The van der Waals surface area contributed by atoms with Crippen LogP contribution in [0.3, 0.4) is 0 Å². The maximum Gasteiger partial charge on any atom is 0.338 e. The van der Waals surface area contributed by atoms with Crippen LogP contribution in [0.2, 0.25) is 0 Å². The number of carbonyl (C=O) groups excluding carboxylic acids is 3. The van der Waals surface area contributed by atoms with E-state index in [1.807, 2.05) is 0 Å². The Morgan fingerprint density at radius 2 is 1.87 bits per heavy atom. The van der Waals surface area contributed by atoms with Crippen LogP contribution in [0.1, 0.15) is 24.1 Å². The van der Waals surface area contributed by atoms with Gasteiger partial charge in [-0.15, -0.1) is 0 Å². The normalized spacial score (nSPS) is 17.3. The topological polar surface area (TPSA) is 133 Å². The highest BCUT2D eigenvalue weighted by Crippen LogP contribution is 2.35. The second-order valence-corrected chi connectivity index (χ2v) is 9.79. The molecule has 5 rings (SSSR count).